The lowest BCUT2D eigenvalue weighted by atomic mass is 9.96. The minimum absolute atomic E-state index is 0.0232. The van der Waals surface area contributed by atoms with Crippen molar-refractivity contribution in [3.63, 3.8) is 0 Å². The highest BCUT2D eigenvalue weighted by Gasteiger charge is 2.32. The number of nitrogens with zero attached hydrogens (tertiary/aromatic N) is 5. The van der Waals surface area contributed by atoms with Crippen molar-refractivity contribution in [2.75, 3.05) is 57.3 Å². The lowest BCUT2D eigenvalue weighted by Gasteiger charge is -2.39. The fraction of sp³-hybridized carbons (Fsp3) is 0.467. The predicted octanol–water partition coefficient (Wildman–Crippen LogP) is 3.58. The number of aromatic nitrogens is 1. The zero-order valence-electron chi connectivity index (χ0n) is 22.4. The number of carbonyl (C=O) groups excluding carboxylic acids is 1. The Morgan fingerprint density at radius 1 is 0.846 bits per heavy atom. The first kappa shape index (κ1) is 26.2. The first-order chi connectivity index (χ1) is 19.0. The van der Waals surface area contributed by atoms with Gasteiger partial charge >= 0.3 is 0 Å². The lowest BCUT2D eigenvalue weighted by Crippen LogP contribution is -2.52. The fourth-order valence-corrected chi connectivity index (χ4v) is 7.67. The molecule has 3 aliphatic heterocycles. The summed E-state index contributed by atoms with van der Waals surface area (Å²) in [7, 11) is -3.46. The van der Waals surface area contributed by atoms with Crippen LogP contribution in [0.5, 0.6) is 0 Å². The second kappa shape index (κ2) is 11.2. The lowest BCUT2D eigenvalue weighted by molar-refractivity contribution is -0.137. The minimum Gasteiger partial charge on any atom is -0.356 e. The monoisotopic (exact) mass is 547 g/mol. The molecule has 8 nitrogen and oxygen atoms in total. The zero-order valence-corrected chi connectivity index (χ0v) is 23.2. The molecular weight excluding hydrogens is 510 g/mol. The molecule has 3 saturated heterocycles. The number of piperazine rings is 1. The van der Waals surface area contributed by atoms with Crippen molar-refractivity contribution in [2.24, 2.45) is 5.92 Å². The van der Waals surface area contributed by atoms with Gasteiger partial charge in [0.1, 0.15) is 5.82 Å². The van der Waals surface area contributed by atoms with Crippen LogP contribution >= 0.6 is 0 Å². The smallest absolute Gasteiger partial charge is 0.243 e. The number of benzene rings is 2. The molecule has 206 valence electrons. The number of anilines is 1. The standard InChI is InChI=1S/C30H37N5O3S/c36-30(33-19-17-32(18-20-33)22-24-7-2-1-3-8-24)26-9-6-14-34(23-26)29-13-10-25-21-27(11-12-28(25)31-29)39(37,38)35-15-4-5-16-35/h1-3,7-8,10-13,21,26H,4-6,9,14-20,22-23H2. The van der Waals surface area contributed by atoms with E-state index in [9.17, 15) is 13.2 Å². The number of hydrogen-bond acceptors (Lipinski definition) is 6. The third kappa shape index (κ3) is 5.66. The summed E-state index contributed by atoms with van der Waals surface area (Å²) in [5.41, 5.74) is 2.09. The van der Waals surface area contributed by atoms with Crippen molar-refractivity contribution in [1.82, 2.24) is 19.1 Å². The van der Waals surface area contributed by atoms with Crippen LogP contribution in [0.15, 0.2) is 65.6 Å². The van der Waals surface area contributed by atoms with E-state index < -0.39 is 10.0 Å². The van der Waals surface area contributed by atoms with Crippen molar-refractivity contribution in [2.45, 2.75) is 37.1 Å². The Morgan fingerprint density at radius 2 is 1.62 bits per heavy atom. The van der Waals surface area contributed by atoms with Gasteiger partial charge in [-0.3, -0.25) is 9.69 Å². The third-order valence-electron chi connectivity index (χ3n) is 8.38. The van der Waals surface area contributed by atoms with Crippen LogP contribution in [0.2, 0.25) is 0 Å². The largest absolute Gasteiger partial charge is 0.356 e. The summed E-state index contributed by atoms with van der Waals surface area (Å²) < 4.78 is 27.5. The topological polar surface area (TPSA) is 77.1 Å². The highest BCUT2D eigenvalue weighted by atomic mass is 32.2. The maximum absolute atomic E-state index is 13.4. The molecule has 9 heteroatoms. The number of rotatable bonds is 6. The third-order valence-corrected chi connectivity index (χ3v) is 10.3. The molecule has 0 bridgehead atoms. The van der Waals surface area contributed by atoms with Crippen LogP contribution in [0.1, 0.15) is 31.2 Å². The van der Waals surface area contributed by atoms with Crippen molar-refractivity contribution in [1.29, 1.82) is 0 Å². The summed E-state index contributed by atoms with van der Waals surface area (Å²) in [4.78, 5) is 25.3. The summed E-state index contributed by atoms with van der Waals surface area (Å²) >= 11 is 0. The summed E-state index contributed by atoms with van der Waals surface area (Å²) in [6.45, 7) is 7.01. The number of hydrogen-bond donors (Lipinski definition) is 0. The highest BCUT2D eigenvalue weighted by molar-refractivity contribution is 7.89. The van der Waals surface area contributed by atoms with E-state index in [4.69, 9.17) is 4.98 Å². The molecule has 1 atom stereocenters. The normalized spacial score (nSPS) is 21.5. The molecule has 3 aliphatic rings. The Hall–Kier alpha value is -3.01. The zero-order chi connectivity index (χ0) is 26.8. The molecule has 1 aromatic heterocycles. The van der Waals surface area contributed by atoms with Crippen molar-refractivity contribution in [3.05, 3.63) is 66.2 Å². The summed E-state index contributed by atoms with van der Waals surface area (Å²) in [5, 5.41) is 0.817. The van der Waals surface area contributed by atoms with Crippen LogP contribution in [0, 0.1) is 5.92 Å². The molecule has 1 amide bonds. The molecule has 2 aromatic carbocycles. The summed E-state index contributed by atoms with van der Waals surface area (Å²) in [5.74, 6) is 1.09. The molecule has 0 N–H and O–H groups in total. The molecule has 39 heavy (non-hydrogen) atoms. The first-order valence-electron chi connectivity index (χ1n) is 14.2. The number of amides is 1. The molecule has 0 aliphatic carbocycles. The Kier molecular flexibility index (Phi) is 7.55. The summed E-state index contributed by atoms with van der Waals surface area (Å²) in [6.07, 6.45) is 3.70. The van der Waals surface area contributed by atoms with Gasteiger partial charge in [-0.05, 0) is 61.6 Å². The Labute approximate surface area is 231 Å². The van der Waals surface area contributed by atoms with E-state index in [2.05, 4.69) is 34.1 Å². The number of fused-ring (bicyclic) bond motifs is 1. The SMILES string of the molecule is O=C(C1CCCN(c2ccc3cc(S(=O)(=O)N4CCCC4)ccc3n2)C1)N1CCN(Cc2ccccc2)CC1. The van der Waals surface area contributed by atoms with Gasteiger partial charge in [0, 0.05) is 64.3 Å². The van der Waals surface area contributed by atoms with Crippen LogP contribution in [0.25, 0.3) is 10.9 Å². The van der Waals surface area contributed by atoms with Crippen molar-refractivity contribution >= 4 is 32.7 Å². The van der Waals surface area contributed by atoms with Gasteiger partial charge in [-0.1, -0.05) is 30.3 Å². The number of pyridine rings is 1. The highest BCUT2D eigenvalue weighted by Crippen LogP contribution is 2.28. The molecule has 4 heterocycles. The van der Waals surface area contributed by atoms with Crippen LogP contribution in [0.4, 0.5) is 5.82 Å². The van der Waals surface area contributed by atoms with E-state index >= 15 is 0 Å². The van der Waals surface area contributed by atoms with Gasteiger partial charge < -0.3 is 9.80 Å². The molecule has 3 fully saturated rings. The van der Waals surface area contributed by atoms with Gasteiger partial charge in [-0.15, -0.1) is 0 Å². The molecule has 0 radical (unpaired) electrons. The van der Waals surface area contributed by atoms with Gasteiger partial charge in [0.15, 0.2) is 0 Å². The van der Waals surface area contributed by atoms with Crippen LogP contribution in [-0.2, 0) is 21.4 Å². The van der Waals surface area contributed by atoms with Crippen LogP contribution < -0.4 is 4.90 Å². The van der Waals surface area contributed by atoms with E-state index in [1.807, 2.05) is 29.2 Å². The Bertz CT molecular complexity index is 1420. The number of piperidine rings is 1. The average molecular weight is 548 g/mol. The quantitative estimate of drug-likeness (QED) is 0.470. The van der Waals surface area contributed by atoms with Crippen molar-refractivity contribution < 1.29 is 13.2 Å². The van der Waals surface area contributed by atoms with Gasteiger partial charge in [0.25, 0.3) is 0 Å². The van der Waals surface area contributed by atoms with Gasteiger partial charge in [0.2, 0.25) is 15.9 Å². The van der Waals surface area contributed by atoms with Gasteiger partial charge in [-0.25, -0.2) is 13.4 Å². The minimum atomic E-state index is -3.46. The number of sulfonamides is 1. The van der Waals surface area contributed by atoms with Crippen molar-refractivity contribution in [3.8, 4) is 0 Å². The van der Waals surface area contributed by atoms with Gasteiger partial charge in [-0.2, -0.15) is 4.31 Å². The molecule has 0 saturated carbocycles. The van der Waals surface area contributed by atoms with E-state index in [1.54, 1.807) is 16.4 Å². The van der Waals surface area contributed by atoms with E-state index in [-0.39, 0.29) is 11.8 Å². The number of carbonyl (C=O) groups is 1. The Morgan fingerprint density at radius 3 is 2.38 bits per heavy atom. The van der Waals surface area contributed by atoms with Crippen LogP contribution in [0.3, 0.4) is 0 Å². The second-order valence-corrected chi connectivity index (χ2v) is 12.9. The molecule has 0 spiro atoms. The Balaban J connectivity index is 1.09. The van der Waals surface area contributed by atoms with Crippen LogP contribution in [-0.4, -0.2) is 85.8 Å². The average Bonchev–Trinajstić information content (AvgIpc) is 3.54. The predicted molar refractivity (Wildman–Crippen MR) is 153 cm³/mol. The molecule has 6 rings (SSSR count). The maximum Gasteiger partial charge on any atom is 0.243 e. The molecular formula is C30H37N5O3S. The molecule has 1 unspecified atom stereocenters. The van der Waals surface area contributed by atoms with E-state index in [1.165, 1.54) is 5.56 Å². The second-order valence-electron chi connectivity index (χ2n) is 11.0. The molecule has 3 aromatic rings. The van der Waals surface area contributed by atoms with Gasteiger partial charge in [0.05, 0.1) is 16.3 Å². The maximum atomic E-state index is 13.4. The fourth-order valence-electron chi connectivity index (χ4n) is 6.12. The van der Waals surface area contributed by atoms with E-state index in [0.29, 0.717) is 24.5 Å². The summed E-state index contributed by atoms with van der Waals surface area (Å²) in [6, 6.07) is 19.6. The first-order valence-corrected chi connectivity index (χ1v) is 15.6. The van der Waals surface area contributed by atoms with E-state index in [0.717, 1.165) is 81.7 Å².